The van der Waals surface area contributed by atoms with E-state index in [9.17, 15) is 16.8 Å². The van der Waals surface area contributed by atoms with Crippen LogP contribution >= 0.6 is 0 Å². The Labute approximate surface area is 120 Å². The van der Waals surface area contributed by atoms with Gasteiger partial charge in [-0.1, -0.05) is 12.1 Å². The second-order valence-corrected chi connectivity index (χ2v) is 9.47. The highest BCUT2D eigenvalue weighted by atomic mass is 32.3. The predicted octanol–water partition coefficient (Wildman–Crippen LogP) is 0.811. The Morgan fingerprint density at radius 1 is 1.20 bits per heavy atom. The number of nitrogens with zero attached hydrogens (tertiary/aromatic N) is 1. The van der Waals surface area contributed by atoms with Crippen molar-refractivity contribution < 1.29 is 16.8 Å². The van der Waals surface area contributed by atoms with Gasteiger partial charge in [0, 0.05) is 24.5 Å². The minimum Gasteiger partial charge on any atom is -0.399 e. The molecule has 0 spiro atoms. The molecule has 0 atom stereocenters. The predicted molar refractivity (Wildman–Crippen MR) is 80.2 cm³/mol. The molecule has 1 aromatic rings. The Balaban J connectivity index is 3.07. The van der Waals surface area contributed by atoms with Crippen LogP contribution < -0.4 is 5.73 Å². The molecule has 6 nitrogen and oxygen atoms in total. The van der Waals surface area contributed by atoms with Crippen molar-refractivity contribution in [3.8, 4) is 0 Å². The van der Waals surface area contributed by atoms with E-state index in [-0.39, 0.29) is 12.6 Å². The summed E-state index contributed by atoms with van der Waals surface area (Å²) in [6.45, 7) is 3.50. The summed E-state index contributed by atoms with van der Waals surface area (Å²) in [5, 5.41) is -0.888. The van der Waals surface area contributed by atoms with Gasteiger partial charge in [-0.2, -0.15) is 4.31 Å². The number of benzene rings is 1. The quantitative estimate of drug-likeness (QED) is 0.782. The Morgan fingerprint density at radius 2 is 1.80 bits per heavy atom. The van der Waals surface area contributed by atoms with Crippen LogP contribution in [0.5, 0.6) is 0 Å². The molecule has 114 valence electrons. The molecule has 0 aromatic heterocycles. The highest BCUT2D eigenvalue weighted by Crippen LogP contribution is 2.16. The summed E-state index contributed by atoms with van der Waals surface area (Å²) in [6.07, 6.45) is 0.906. The summed E-state index contributed by atoms with van der Waals surface area (Å²) < 4.78 is 48.1. The fourth-order valence-electron chi connectivity index (χ4n) is 1.81. The van der Waals surface area contributed by atoms with Gasteiger partial charge < -0.3 is 5.73 Å². The number of nitrogen functional groups attached to an aromatic ring is 1. The van der Waals surface area contributed by atoms with Crippen LogP contribution in [0.15, 0.2) is 24.3 Å². The highest BCUT2D eigenvalue weighted by Gasteiger charge is 2.28. The maximum absolute atomic E-state index is 12.2. The lowest BCUT2D eigenvalue weighted by atomic mass is 10.2. The van der Waals surface area contributed by atoms with Gasteiger partial charge in [0.25, 0.3) is 0 Å². The first-order valence-corrected chi connectivity index (χ1v) is 9.70. The van der Waals surface area contributed by atoms with Crippen LogP contribution in [0.3, 0.4) is 0 Å². The Bertz CT molecular complexity index is 666. The normalized spacial score (nSPS) is 13.1. The molecule has 0 radical (unpaired) electrons. The maximum Gasteiger partial charge on any atom is 0.229 e. The van der Waals surface area contributed by atoms with E-state index < -0.39 is 24.9 Å². The van der Waals surface area contributed by atoms with Crippen molar-refractivity contribution in [2.24, 2.45) is 0 Å². The first kappa shape index (κ1) is 16.9. The molecular formula is C12H20N2O4S2. The fraction of sp³-hybridized carbons (Fsp3) is 0.500. The third-order valence-corrected chi connectivity index (χ3v) is 6.76. The Kier molecular flexibility index (Phi) is 5.17. The largest absolute Gasteiger partial charge is 0.399 e. The van der Waals surface area contributed by atoms with Gasteiger partial charge in [-0.3, -0.25) is 0 Å². The van der Waals surface area contributed by atoms with E-state index in [2.05, 4.69) is 0 Å². The molecule has 0 amide bonds. The van der Waals surface area contributed by atoms with Crippen molar-refractivity contribution in [2.45, 2.75) is 26.4 Å². The van der Waals surface area contributed by atoms with Crippen LogP contribution in [0, 0.1) is 0 Å². The number of sulfonamides is 1. The van der Waals surface area contributed by atoms with Crippen molar-refractivity contribution in [1.82, 2.24) is 4.31 Å². The second kappa shape index (κ2) is 6.11. The number of hydrogen-bond acceptors (Lipinski definition) is 5. The summed E-state index contributed by atoms with van der Waals surface area (Å²) in [7, 11) is -7.50. The molecule has 2 N–H and O–H groups in total. The zero-order valence-corrected chi connectivity index (χ0v) is 13.4. The van der Waals surface area contributed by atoms with Gasteiger partial charge in [0.05, 0.1) is 0 Å². The summed E-state index contributed by atoms with van der Waals surface area (Å²) >= 11 is 0. The maximum atomic E-state index is 12.2. The van der Waals surface area contributed by atoms with Crippen LogP contribution in [0.25, 0.3) is 0 Å². The van der Waals surface area contributed by atoms with Gasteiger partial charge in [0.1, 0.15) is 0 Å². The zero-order chi connectivity index (χ0) is 15.6. The SMILES string of the molecule is CC(C)N(Cc1cccc(N)c1)S(=O)(=O)CS(C)(=O)=O. The van der Waals surface area contributed by atoms with Gasteiger partial charge in [-0.25, -0.2) is 16.8 Å². The first-order valence-electron chi connectivity index (χ1n) is 6.03. The van der Waals surface area contributed by atoms with Gasteiger partial charge in [-0.15, -0.1) is 0 Å². The molecule has 0 saturated carbocycles. The monoisotopic (exact) mass is 320 g/mol. The second-order valence-electron chi connectivity index (χ2n) is 5.04. The number of nitrogens with two attached hydrogens (primary N) is 1. The molecular weight excluding hydrogens is 300 g/mol. The highest BCUT2D eigenvalue weighted by molar-refractivity contribution is 8.06. The molecule has 20 heavy (non-hydrogen) atoms. The van der Waals surface area contributed by atoms with Gasteiger partial charge in [0.15, 0.2) is 14.9 Å². The van der Waals surface area contributed by atoms with Gasteiger partial charge in [0.2, 0.25) is 10.0 Å². The molecule has 0 bridgehead atoms. The average molecular weight is 320 g/mol. The van der Waals surface area contributed by atoms with Crippen LogP contribution in [0.1, 0.15) is 19.4 Å². The van der Waals surface area contributed by atoms with Crippen molar-refractivity contribution in [2.75, 3.05) is 17.1 Å². The average Bonchev–Trinajstić information content (AvgIpc) is 2.22. The van der Waals surface area contributed by atoms with E-state index in [4.69, 9.17) is 5.73 Å². The minimum atomic E-state index is -3.89. The summed E-state index contributed by atoms with van der Waals surface area (Å²) in [5.74, 6) is 0. The van der Waals surface area contributed by atoms with Crippen molar-refractivity contribution >= 4 is 25.5 Å². The van der Waals surface area contributed by atoms with Crippen molar-refractivity contribution in [1.29, 1.82) is 0 Å². The number of sulfone groups is 1. The van der Waals surface area contributed by atoms with Crippen LogP contribution in [-0.2, 0) is 26.4 Å². The Morgan fingerprint density at radius 3 is 2.25 bits per heavy atom. The van der Waals surface area contributed by atoms with E-state index in [1.807, 2.05) is 0 Å². The topological polar surface area (TPSA) is 97.5 Å². The van der Waals surface area contributed by atoms with Gasteiger partial charge in [-0.05, 0) is 31.5 Å². The Hall–Kier alpha value is -1.12. The van der Waals surface area contributed by atoms with Crippen LogP contribution in [0.2, 0.25) is 0 Å². The van der Waals surface area contributed by atoms with Gasteiger partial charge >= 0.3 is 0 Å². The smallest absolute Gasteiger partial charge is 0.229 e. The van der Waals surface area contributed by atoms with E-state index >= 15 is 0 Å². The molecule has 0 heterocycles. The van der Waals surface area contributed by atoms with E-state index in [0.717, 1.165) is 11.8 Å². The van der Waals surface area contributed by atoms with Crippen molar-refractivity contribution in [3.05, 3.63) is 29.8 Å². The molecule has 1 aromatic carbocycles. The molecule has 0 saturated heterocycles. The van der Waals surface area contributed by atoms with E-state index in [1.54, 1.807) is 38.1 Å². The molecule has 0 aliphatic heterocycles. The molecule has 0 aliphatic rings. The minimum absolute atomic E-state index is 0.0978. The lowest BCUT2D eigenvalue weighted by molar-refractivity contribution is 0.350. The summed E-state index contributed by atoms with van der Waals surface area (Å²) in [6, 6.07) is 6.51. The first-order chi connectivity index (χ1) is 9.01. The molecule has 0 unspecified atom stereocenters. The number of anilines is 1. The van der Waals surface area contributed by atoms with E-state index in [1.165, 1.54) is 4.31 Å². The molecule has 0 fully saturated rings. The summed E-state index contributed by atoms with van der Waals surface area (Å²) in [4.78, 5) is 0. The molecule has 1 rings (SSSR count). The standard InChI is InChI=1S/C12H20N2O4S2/c1-10(2)14(20(17,18)9-19(3,15)16)8-11-5-4-6-12(13)7-11/h4-7,10H,8-9,13H2,1-3H3. The number of rotatable bonds is 6. The third-order valence-electron chi connectivity index (χ3n) is 2.59. The van der Waals surface area contributed by atoms with E-state index in [0.29, 0.717) is 5.69 Å². The third kappa shape index (κ3) is 5.10. The lowest BCUT2D eigenvalue weighted by Crippen LogP contribution is -2.39. The lowest BCUT2D eigenvalue weighted by Gasteiger charge is -2.25. The molecule has 0 aliphatic carbocycles. The zero-order valence-electron chi connectivity index (χ0n) is 11.8. The number of hydrogen-bond donors (Lipinski definition) is 1. The fourth-order valence-corrected chi connectivity index (χ4v) is 5.51. The van der Waals surface area contributed by atoms with Crippen molar-refractivity contribution in [3.63, 3.8) is 0 Å². The van der Waals surface area contributed by atoms with Crippen LogP contribution in [-0.4, -0.2) is 38.5 Å². The summed E-state index contributed by atoms with van der Waals surface area (Å²) in [5.41, 5.74) is 6.91. The van der Waals surface area contributed by atoms with Crippen LogP contribution in [0.4, 0.5) is 5.69 Å². The molecule has 8 heteroatoms.